The van der Waals surface area contributed by atoms with Crippen molar-refractivity contribution in [3.05, 3.63) is 16.8 Å². The molecule has 0 aliphatic carbocycles. The molecule has 0 aromatic carbocycles. The van der Waals surface area contributed by atoms with E-state index >= 15 is 0 Å². The lowest BCUT2D eigenvalue weighted by molar-refractivity contribution is 0.607. The van der Waals surface area contributed by atoms with E-state index in [0.717, 1.165) is 6.26 Å². The Hall–Kier alpha value is -0.550. The van der Waals surface area contributed by atoms with E-state index in [1.54, 1.807) is 11.4 Å². The quantitative estimate of drug-likeness (QED) is 0.735. The molecule has 0 unspecified atom stereocenters. The molecule has 0 saturated heterocycles. The van der Waals surface area contributed by atoms with Gasteiger partial charge in [-0.25, -0.2) is 8.42 Å². The molecule has 0 spiro atoms. The number of anilines is 1. The molecule has 0 bridgehead atoms. The van der Waals surface area contributed by atoms with Crippen LogP contribution in [0.25, 0.3) is 0 Å². The molecule has 10 heavy (non-hydrogen) atoms. The van der Waals surface area contributed by atoms with Crippen molar-refractivity contribution in [2.45, 2.75) is 0 Å². The van der Waals surface area contributed by atoms with Crippen LogP contribution >= 0.6 is 11.3 Å². The zero-order valence-corrected chi connectivity index (χ0v) is 7.00. The highest BCUT2D eigenvalue weighted by molar-refractivity contribution is 7.92. The Morgan fingerprint density at radius 1 is 1.60 bits per heavy atom. The van der Waals surface area contributed by atoms with Gasteiger partial charge in [-0.1, -0.05) is 0 Å². The van der Waals surface area contributed by atoms with Gasteiger partial charge in [0.2, 0.25) is 10.0 Å². The summed E-state index contributed by atoms with van der Waals surface area (Å²) in [7, 11) is -3.09. The van der Waals surface area contributed by atoms with Gasteiger partial charge in [0.1, 0.15) is 0 Å². The summed E-state index contributed by atoms with van der Waals surface area (Å²) >= 11 is 1.45. The number of hydrogen-bond acceptors (Lipinski definition) is 3. The molecule has 5 heteroatoms. The van der Waals surface area contributed by atoms with E-state index in [1.807, 2.05) is 5.38 Å². The maximum absolute atomic E-state index is 10.6. The molecule has 0 fully saturated rings. The molecule has 0 atom stereocenters. The highest BCUT2D eigenvalue weighted by atomic mass is 32.2. The Bertz CT molecular complexity index is 287. The lowest BCUT2D eigenvalue weighted by Gasteiger charge is -1.97. The summed E-state index contributed by atoms with van der Waals surface area (Å²) < 4.78 is 23.5. The van der Waals surface area contributed by atoms with E-state index in [1.165, 1.54) is 11.3 Å². The maximum atomic E-state index is 10.6. The Labute approximate surface area is 63.7 Å². The third-order valence-corrected chi connectivity index (χ3v) is 2.11. The van der Waals surface area contributed by atoms with Crippen LogP contribution in [0.4, 0.5) is 5.69 Å². The van der Waals surface area contributed by atoms with Crippen LogP contribution in [0.1, 0.15) is 0 Å². The molecule has 1 aromatic heterocycles. The third kappa shape index (κ3) is 2.36. The minimum absolute atomic E-state index is 0.632. The van der Waals surface area contributed by atoms with Crippen LogP contribution in [0.15, 0.2) is 16.8 Å². The summed E-state index contributed by atoms with van der Waals surface area (Å²) in [5.74, 6) is 0. The van der Waals surface area contributed by atoms with Crippen molar-refractivity contribution in [2.75, 3.05) is 11.0 Å². The second-order valence-electron chi connectivity index (χ2n) is 1.89. The first-order valence-corrected chi connectivity index (χ1v) is 5.41. The minimum Gasteiger partial charge on any atom is -0.283 e. The van der Waals surface area contributed by atoms with Gasteiger partial charge in [-0.05, 0) is 11.4 Å². The van der Waals surface area contributed by atoms with E-state index < -0.39 is 10.0 Å². The first-order valence-electron chi connectivity index (χ1n) is 2.58. The average Bonchev–Trinajstić information content (AvgIpc) is 2.12. The summed E-state index contributed by atoms with van der Waals surface area (Å²) in [5.41, 5.74) is 0.632. The highest BCUT2D eigenvalue weighted by Crippen LogP contribution is 2.12. The summed E-state index contributed by atoms with van der Waals surface area (Å²) in [6.07, 6.45) is 1.13. The fraction of sp³-hybridized carbons (Fsp3) is 0.200. The molecule has 3 nitrogen and oxygen atoms in total. The second kappa shape index (κ2) is 2.59. The predicted octanol–water partition coefficient (Wildman–Crippen LogP) is 1.12. The van der Waals surface area contributed by atoms with Gasteiger partial charge >= 0.3 is 0 Å². The maximum Gasteiger partial charge on any atom is 0.229 e. The van der Waals surface area contributed by atoms with Crippen molar-refractivity contribution >= 4 is 27.0 Å². The van der Waals surface area contributed by atoms with Crippen molar-refractivity contribution < 1.29 is 8.42 Å². The van der Waals surface area contributed by atoms with E-state index in [0.29, 0.717) is 5.69 Å². The van der Waals surface area contributed by atoms with Gasteiger partial charge in [0, 0.05) is 5.38 Å². The number of thiophene rings is 1. The van der Waals surface area contributed by atoms with Crippen molar-refractivity contribution in [1.82, 2.24) is 0 Å². The average molecular weight is 177 g/mol. The Kier molecular flexibility index (Phi) is 1.96. The van der Waals surface area contributed by atoms with Gasteiger partial charge in [-0.3, -0.25) is 4.72 Å². The van der Waals surface area contributed by atoms with E-state index in [-0.39, 0.29) is 0 Å². The summed E-state index contributed by atoms with van der Waals surface area (Å²) in [5, 5.41) is 3.55. The molecule has 1 aromatic rings. The minimum atomic E-state index is -3.09. The number of nitrogens with one attached hydrogen (secondary N) is 1. The molecule has 1 N–H and O–H groups in total. The van der Waals surface area contributed by atoms with E-state index in [2.05, 4.69) is 4.72 Å². The Balaban J connectivity index is 2.75. The normalized spacial score (nSPS) is 11.3. The van der Waals surface area contributed by atoms with Gasteiger partial charge in [-0.2, -0.15) is 11.3 Å². The number of rotatable bonds is 2. The molecule has 0 saturated carbocycles. The van der Waals surface area contributed by atoms with Crippen LogP contribution in [0.2, 0.25) is 0 Å². The topological polar surface area (TPSA) is 46.2 Å². The zero-order valence-electron chi connectivity index (χ0n) is 5.37. The Morgan fingerprint density at radius 2 is 2.30 bits per heavy atom. The first kappa shape index (κ1) is 7.56. The fourth-order valence-electron chi connectivity index (χ4n) is 0.537. The Morgan fingerprint density at radius 3 is 2.70 bits per heavy atom. The van der Waals surface area contributed by atoms with E-state index in [9.17, 15) is 8.42 Å². The zero-order chi connectivity index (χ0) is 7.61. The van der Waals surface area contributed by atoms with Gasteiger partial charge in [-0.15, -0.1) is 0 Å². The predicted molar refractivity (Wildman–Crippen MR) is 42.8 cm³/mol. The largest absolute Gasteiger partial charge is 0.283 e. The van der Waals surface area contributed by atoms with Crippen LogP contribution < -0.4 is 4.72 Å². The summed E-state index contributed by atoms with van der Waals surface area (Å²) in [6, 6.07) is 1.71. The third-order valence-electron chi connectivity index (χ3n) is 0.824. The lowest BCUT2D eigenvalue weighted by atomic mass is 10.6. The lowest BCUT2D eigenvalue weighted by Crippen LogP contribution is -2.08. The molecule has 0 aliphatic rings. The molecule has 0 amide bonds. The molecule has 0 radical (unpaired) electrons. The van der Waals surface area contributed by atoms with Gasteiger partial charge in [0.25, 0.3) is 0 Å². The molecule has 0 aliphatic heterocycles. The van der Waals surface area contributed by atoms with Crippen LogP contribution in [-0.4, -0.2) is 14.7 Å². The molecular weight excluding hydrogens is 170 g/mol. The molecule has 56 valence electrons. The van der Waals surface area contributed by atoms with Crippen molar-refractivity contribution in [3.8, 4) is 0 Å². The van der Waals surface area contributed by atoms with Crippen molar-refractivity contribution in [3.63, 3.8) is 0 Å². The fourth-order valence-corrected chi connectivity index (χ4v) is 1.75. The van der Waals surface area contributed by atoms with Crippen LogP contribution in [-0.2, 0) is 10.0 Å². The monoisotopic (exact) mass is 177 g/mol. The number of sulfonamides is 1. The van der Waals surface area contributed by atoms with E-state index in [4.69, 9.17) is 0 Å². The summed E-state index contributed by atoms with van der Waals surface area (Å²) in [6.45, 7) is 0. The number of hydrogen-bond donors (Lipinski definition) is 1. The molecule has 1 heterocycles. The second-order valence-corrected chi connectivity index (χ2v) is 4.41. The highest BCUT2D eigenvalue weighted by Gasteiger charge is 1.99. The van der Waals surface area contributed by atoms with Gasteiger partial charge in [0.05, 0.1) is 11.9 Å². The SMILES string of the molecule is CS(=O)(=O)Nc1ccsc1. The smallest absolute Gasteiger partial charge is 0.229 e. The first-order chi connectivity index (χ1) is 4.58. The van der Waals surface area contributed by atoms with Gasteiger partial charge in [0.15, 0.2) is 0 Å². The van der Waals surface area contributed by atoms with Crippen LogP contribution in [0, 0.1) is 0 Å². The van der Waals surface area contributed by atoms with Gasteiger partial charge < -0.3 is 0 Å². The standard InChI is InChI=1S/C5H7NO2S2/c1-10(7,8)6-5-2-3-9-4-5/h2-4,6H,1H3. The summed E-state index contributed by atoms with van der Waals surface area (Å²) in [4.78, 5) is 0. The molecule has 1 rings (SSSR count). The van der Waals surface area contributed by atoms with Crippen molar-refractivity contribution in [1.29, 1.82) is 0 Å². The molecular formula is C5H7NO2S2. The van der Waals surface area contributed by atoms with Crippen molar-refractivity contribution in [2.24, 2.45) is 0 Å². The van der Waals surface area contributed by atoms with Crippen LogP contribution in [0.3, 0.4) is 0 Å². The van der Waals surface area contributed by atoms with Crippen LogP contribution in [0.5, 0.6) is 0 Å².